The Morgan fingerprint density at radius 3 is 1.64 bits per heavy atom. The molecule has 0 aromatic heterocycles. The zero-order valence-electron chi connectivity index (χ0n) is 21.9. The van der Waals surface area contributed by atoms with Crippen molar-refractivity contribution in [2.24, 2.45) is 35.5 Å². The quantitative estimate of drug-likeness (QED) is 0.383. The zero-order chi connectivity index (χ0) is 24.3. The first-order valence-corrected chi connectivity index (χ1v) is 14.8. The van der Waals surface area contributed by atoms with E-state index in [0.717, 1.165) is 31.2 Å². The molecule has 4 nitrogen and oxygen atoms in total. The van der Waals surface area contributed by atoms with Gasteiger partial charge in [-0.1, -0.05) is 84.2 Å². The highest BCUT2D eigenvalue weighted by Gasteiger charge is 2.46. The van der Waals surface area contributed by atoms with E-state index < -0.39 is 13.4 Å². The van der Waals surface area contributed by atoms with Crippen LogP contribution in [0.5, 0.6) is 0 Å². The molecule has 0 aliphatic heterocycles. The second kappa shape index (κ2) is 11.4. The van der Waals surface area contributed by atoms with Crippen LogP contribution in [0.15, 0.2) is 24.3 Å². The van der Waals surface area contributed by atoms with E-state index in [2.05, 4.69) is 41.5 Å². The van der Waals surface area contributed by atoms with Crippen molar-refractivity contribution in [1.29, 1.82) is 0 Å². The van der Waals surface area contributed by atoms with Crippen LogP contribution in [0.25, 0.3) is 0 Å². The first kappa shape index (κ1) is 26.9. The summed E-state index contributed by atoms with van der Waals surface area (Å²) in [6.07, 6.45) is 5.90. The average molecular weight is 479 g/mol. The number of aliphatic hydroxyl groups is 1. The van der Waals surface area contributed by atoms with Gasteiger partial charge in [-0.05, 0) is 73.7 Å². The summed E-state index contributed by atoms with van der Waals surface area (Å²) in [7, 11) is -3.84. The number of aryl methyl sites for hydroxylation is 1. The SMILES string of the molecule is Cc1ccc([C@H](O)P(=O)(O[C@@H]2C[C@H](C)CC[C@@H]2C(C)C)O[C@@H]2C[C@H](C)CC[C@@H]2C(C)C)cc1. The molecule has 0 bridgehead atoms. The summed E-state index contributed by atoms with van der Waals surface area (Å²) in [5.74, 6) is 1.30. The third-order valence-electron chi connectivity index (χ3n) is 8.16. The van der Waals surface area contributed by atoms with Crippen LogP contribution in [-0.4, -0.2) is 17.3 Å². The molecule has 0 spiro atoms. The molecule has 1 aromatic carbocycles. The molecule has 0 heterocycles. The maximum absolute atomic E-state index is 14.6. The summed E-state index contributed by atoms with van der Waals surface area (Å²) in [6.45, 7) is 15.4. The maximum atomic E-state index is 14.6. The van der Waals surface area contributed by atoms with Crippen LogP contribution >= 0.6 is 7.60 Å². The van der Waals surface area contributed by atoms with E-state index in [4.69, 9.17) is 9.05 Å². The Balaban J connectivity index is 1.94. The van der Waals surface area contributed by atoms with E-state index >= 15 is 0 Å². The molecular weight excluding hydrogens is 431 g/mol. The highest BCUT2D eigenvalue weighted by atomic mass is 31.2. The molecule has 0 amide bonds. The smallest absolute Gasteiger partial charge is 0.363 e. The summed E-state index contributed by atoms with van der Waals surface area (Å²) in [5, 5.41) is 11.5. The summed E-state index contributed by atoms with van der Waals surface area (Å²) in [5.41, 5.74) is 1.71. The molecule has 2 saturated carbocycles. The molecule has 7 atom stereocenters. The fourth-order valence-corrected chi connectivity index (χ4v) is 7.97. The fourth-order valence-electron chi connectivity index (χ4n) is 5.91. The van der Waals surface area contributed by atoms with Crippen LogP contribution in [0.4, 0.5) is 0 Å². The number of hydrogen-bond donors (Lipinski definition) is 1. The van der Waals surface area contributed by atoms with Gasteiger partial charge in [0.1, 0.15) is 0 Å². The molecule has 33 heavy (non-hydrogen) atoms. The van der Waals surface area contributed by atoms with E-state index in [1.54, 1.807) is 0 Å². The van der Waals surface area contributed by atoms with Crippen LogP contribution in [0.3, 0.4) is 0 Å². The molecule has 1 aromatic rings. The van der Waals surface area contributed by atoms with Crippen LogP contribution in [0, 0.1) is 42.4 Å². The van der Waals surface area contributed by atoms with Crippen molar-refractivity contribution in [3.63, 3.8) is 0 Å². The van der Waals surface area contributed by atoms with Gasteiger partial charge in [-0.15, -0.1) is 0 Å². The van der Waals surface area contributed by atoms with Crippen molar-refractivity contribution >= 4 is 7.60 Å². The van der Waals surface area contributed by atoms with Gasteiger partial charge in [-0.2, -0.15) is 0 Å². The van der Waals surface area contributed by atoms with E-state index in [-0.39, 0.29) is 12.2 Å². The Labute approximate surface area is 202 Å². The Kier molecular flexibility index (Phi) is 9.28. The predicted molar refractivity (Wildman–Crippen MR) is 136 cm³/mol. The normalized spacial score (nSPS) is 32.3. The van der Waals surface area contributed by atoms with Gasteiger partial charge in [-0.3, -0.25) is 4.57 Å². The summed E-state index contributed by atoms with van der Waals surface area (Å²) < 4.78 is 27.6. The largest absolute Gasteiger partial charge is 0.376 e. The zero-order valence-corrected chi connectivity index (χ0v) is 22.8. The van der Waals surface area contributed by atoms with Crippen LogP contribution < -0.4 is 0 Å². The average Bonchev–Trinajstić information content (AvgIpc) is 2.73. The standard InChI is InChI=1S/C28H47O4P/c1-18(2)24-14-10-21(6)16-26(24)31-33(30,28(29)23-12-8-20(5)9-13-23)32-27-17-22(7)11-15-25(27)19(3)4/h8-9,12-13,18-19,21-22,24-29H,10-11,14-17H2,1-7H3/t21-,22-,24-,25-,26-,27-,28-/m1/s1. The number of rotatable bonds is 8. The fraction of sp³-hybridized carbons (Fsp3) is 0.786. The first-order chi connectivity index (χ1) is 15.5. The molecule has 0 radical (unpaired) electrons. The first-order valence-electron chi connectivity index (χ1n) is 13.2. The lowest BCUT2D eigenvalue weighted by Crippen LogP contribution is -2.37. The topological polar surface area (TPSA) is 55.8 Å². The van der Waals surface area contributed by atoms with E-state index in [0.29, 0.717) is 41.1 Å². The van der Waals surface area contributed by atoms with Crippen molar-refractivity contribution in [1.82, 2.24) is 0 Å². The Morgan fingerprint density at radius 1 is 0.818 bits per heavy atom. The van der Waals surface area contributed by atoms with Crippen LogP contribution in [-0.2, 0) is 13.6 Å². The Hall–Kier alpha value is -0.670. The summed E-state index contributed by atoms with van der Waals surface area (Å²) in [6, 6.07) is 7.60. The van der Waals surface area contributed by atoms with Crippen molar-refractivity contribution in [3.05, 3.63) is 35.4 Å². The maximum Gasteiger partial charge on any atom is 0.363 e. The lowest BCUT2D eigenvalue weighted by molar-refractivity contribution is -0.0153. The van der Waals surface area contributed by atoms with Gasteiger partial charge < -0.3 is 14.2 Å². The lowest BCUT2D eigenvalue weighted by Gasteiger charge is -2.42. The monoisotopic (exact) mass is 478 g/mol. The van der Waals surface area contributed by atoms with Gasteiger partial charge in [0, 0.05) is 0 Å². The van der Waals surface area contributed by atoms with Gasteiger partial charge in [-0.25, -0.2) is 0 Å². The van der Waals surface area contributed by atoms with Gasteiger partial charge >= 0.3 is 7.60 Å². The van der Waals surface area contributed by atoms with Crippen molar-refractivity contribution in [2.75, 3.05) is 0 Å². The minimum Gasteiger partial charge on any atom is -0.376 e. The van der Waals surface area contributed by atoms with Gasteiger partial charge in [0.05, 0.1) is 12.2 Å². The van der Waals surface area contributed by atoms with Crippen molar-refractivity contribution in [3.8, 4) is 0 Å². The minimum absolute atomic E-state index is 0.154. The second-order valence-electron chi connectivity index (χ2n) is 11.8. The number of benzene rings is 1. The van der Waals surface area contributed by atoms with E-state index in [9.17, 15) is 9.67 Å². The van der Waals surface area contributed by atoms with Crippen molar-refractivity contribution in [2.45, 2.75) is 105 Å². The molecule has 0 saturated heterocycles. The molecule has 5 heteroatoms. The minimum atomic E-state index is -3.84. The van der Waals surface area contributed by atoms with Crippen molar-refractivity contribution < 1.29 is 18.7 Å². The van der Waals surface area contributed by atoms with Gasteiger partial charge in [0.15, 0.2) is 5.85 Å². The molecule has 3 rings (SSSR count). The predicted octanol–water partition coefficient (Wildman–Crippen LogP) is 8.13. The molecular formula is C28H47O4P. The molecule has 188 valence electrons. The Bertz CT molecular complexity index is 752. The molecule has 2 aliphatic rings. The molecule has 2 aliphatic carbocycles. The second-order valence-corrected chi connectivity index (χ2v) is 13.8. The third kappa shape index (κ3) is 6.72. The van der Waals surface area contributed by atoms with Gasteiger partial charge in [0.25, 0.3) is 0 Å². The highest BCUT2D eigenvalue weighted by Crippen LogP contribution is 2.64. The summed E-state index contributed by atoms with van der Waals surface area (Å²) in [4.78, 5) is 0. The Morgan fingerprint density at radius 2 is 1.24 bits per heavy atom. The molecule has 2 fully saturated rings. The van der Waals surface area contributed by atoms with Gasteiger partial charge in [0.2, 0.25) is 0 Å². The van der Waals surface area contributed by atoms with E-state index in [1.807, 2.05) is 31.2 Å². The van der Waals surface area contributed by atoms with Crippen LogP contribution in [0.2, 0.25) is 0 Å². The number of aliphatic hydroxyl groups excluding tert-OH is 1. The van der Waals surface area contributed by atoms with Crippen LogP contribution in [0.1, 0.15) is 97.0 Å². The highest BCUT2D eigenvalue weighted by molar-refractivity contribution is 7.54. The van der Waals surface area contributed by atoms with E-state index in [1.165, 1.54) is 12.8 Å². The third-order valence-corrected chi connectivity index (χ3v) is 10.2. The number of hydrogen-bond acceptors (Lipinski definition) is 4. The molecule has 0 unspecified atom stereocenters. The lowest BCUT2D eigenvalue weighted by atomic mass is 9.75. The molecule has 1 N–H and O–H groups in total. The summed E-state index contributed by atoms with van der Waals surface area (Å²) >= 11 is 0.